The summed E-state index contributed by atoms with van der Waals surface area (Å²) in [5.41, 5.74) is -3.07. The molecule has 30 heavy (non-hydrogen) atoms. The molecule has 0 aliphatic carbocycles. The molecule has 0 atom stereocenters. The minimum Gasteiger partial charge on any atom is -0.426 e. The van der Waals surface area contributed by atoms with E-state index in [1.165, 1.54) is 6.08 Å². The molecular weight excluding hydrogens is 414 g/mol. The van der Waals surface area contributed by atoms with Crippen LogP contribution in [-0.4, -0.2) is 11.8 Å². The molecule has 1 aromatic rings. The number of ether oxygens (including phenoxy) is 1. The number of halogens is 6. The predicted molar refractivity (Wildman–Crippen MR) is 98.8 cm³/mol. The fourth-order valence-corrected chi connectivity index (χ4v) is 2.71. The van der Waals surface area contributed by atoms with Gasteiger partial charge in [-0.25, -0.2) is 0 Å². The largest absolute Gasteiger partial charge is 0.426 e. The Kier molecular flexibility index (Phi) is 10.1. The van der Waals surface area contributed by atoms with Gasteiger partial charge in [-0.05, 0) is 44.0 Å². The number of allylic oxidation sites excluding steroid dienone is 2. The number of alkyl halides is 6. The summed E-state index contributed by atoms with van der Waals surface area (Å²) in [7, 11) is 0. The van der Waals surface area contributed by atoms with Crippen LogP contribution in [0.3, 0.4) is 0 Å². The molecule has 0 fully saturated rings. The monoisotopic (exact) mass is 438 g/mol. The van der Waals surface area contributed by atoms with Gasteiger partial charge in [0.2, 0.25) is 0 Å². The Morgan fingerprint density at radius 3 is 1.73 bits per heavy atom. The second-order valence-corrected chi connectivity index (χ2v) is 6.80. The second kappa shape index (κ2) is 11.8. The molecule has 0 heterocycles. The van der Waals surface area contributed by atoms with Gasteiger partial charge in [0.25, 0.3) is 0 Å². The van der Waals surface area contributed by atoms with Crippen molar-refractivity contribution in [2.24, 2.45) is 0 Å². The average molecular weight is 438 g/mol. The van der Waals surface area contributed by atoms with Gasteiger partial charge >= 0.3 is 18.3 Å². The van der Waals surface area contributed by atoms with Gasteiger partial charge in [-0.2, -0.15) is 26.3 Å². The fraction of sp³-hybridized carbons (Fsp3) is 0.524. The van der Waals surface area contributed by atoms with Gasteiger partial charge in [-0.3, -0.25) is 9.59 Å². The SMILES string of the molecule is C/C=C/C(=O)CCCCCCCCC(=O)Oc1cc(C(F)(F)F)cc(C(F)(F)F)c1. The van der Waals surface area contributed by atoms with Crippen molar-refractivity contribution in [1.29, 1.82) is 0 Å². The maximum atomic E-state index is 12.8. The summed E-state index contributed by atoms with van der Waals surface area (Å²) >= 11 is 0. The van der Waals surface area contributed by atoms with Crippen molar-refractivity contribution in [3.05, 3.63) is 41.5 Å². The third-order valence-electron chi connectivity index (χ3n) is 4.20. The van der Waals surface area contributed by atoms with Gasteiger partial charge in [0.1, 0.15) is 5.75 Å². The summed E-state index contributed by atoms with van der Waals surface area (Å²) in [6.07, 6.45) is -2.08. The van der Waals surface area contributed by atoms with E-state index in [1.807, 2.05) is 0 Å². The molecule has 9 heteroatoms. The van der Waals surface area contributed by atoms with Crippen molar-refractivity contribution >= 4 is 11.8 Å². The van der Waals surface area contributed by atoms with E-state index in [2.05, 4.69) is 0 Å². The lowest BCUT2D eigenvalue weighted by Crippen LogP contribution is -2.13. The Morgan fingerprint density at radius 1 is 0.800 bits per heavy atom. The van der Waals surface area contributed by atoms with Crippen molar-refractivity contribution in [2.75, 3.05) is 0 Å². The standard InChI is InChI=1S/C21H24F6O3/c1-2-9-17(28)10-7-5-3-4-6-8-11-19(29)30-18-13-15(20(22,23)24)12-16(14-18)21(25,26)27/h2,9,12-14H,3-8,10-11H2,1H3/b9-2+. The van der Waals surface area contributed by atoms with E-state index < -0.39 is 35.2 Å². The van der Waals surface area contributed by atoms with E-state index >= 15 is 0 Å². The molecule has 0 aromatic heterocycles. The molecule has 168 valence electrons. The van der Waals surface area contributed by atoms with Crippen molar-refractivity contribution in [2.45, 2.75) is 70.6 Å². The Hall–Kier alpha value is -2.32. The zero-order valence-corrected chi connectivity index (χ0v) is 16.5. The zero-order chi connectivity index (χ0) is 22.8. The van der Waals surface area contributed by atoms with Crippen molar-refractivity contribution in [3.63, 3.8) is 0 Å². The quantitative estimate of drug-likeness (QED) is 0.124. The normalized spacial score (nSPS) is 12.4. The highest BCUT2D eigenvalue weighted by Crippen LogP contribution is 2.38. The Balaban J connectivity index is 2.44. The first-order valence-electron chi connectivity index (χ1n) is 9.59. The van der Waals surface area contributed by atoms with Crippen LogP contribution in [-0.2, 0) is 21.9 Å². The van der Waals surface area contributed by atoms with Crippen molar-refractivity contribution in [1.82, 2.24) is 0 Å². The molecule has 0 saturated carbocycles. The number of rotatable bonds is 11. The van der Waals surface area contributed by atoms with Crippen molar-refractivity contribution < 1.29 is 40.7 Å². The third kappa shape index (κ3) is 9.93. The molecule has 3 nitrogen and oxygen atoms in total. The lowest BCUT2D eigenvalue weighted by atomic mass is 10.1. The van der Waals surface area contributed by atoms with Crippen LogP contribution in [0.2, 0.25) is 0 Å². The molecule has 1 aromatic carbocycles. The third-order valence-corrected chi connectivity index (χ3v) is 4.20. The lowest BCUT2D eigenvalue weighted by molar-refractivity contribution is -0.144. The van der Waals surface area contributed by atoms with Gasteiger partial charge < -0.3 is 4.74 Å². The molecule has 0 saturated heterocycles. The topological polar surface area (TPSA) is 43.4 Å². The number of hydrogen-bond donors (Lipinski definition) is 0. The molecule has 0 N–H and O–H groups in total. The first-order valence-corrected chi connectivity index (χ1v) is 9.59. The van der Waals surface area contributed by atoms with Gasteiger partial charge in [-0.1, -0.05) is 31.8 Å². The highest BCUT2D eigenvalue weighted by molar-refractivity contribution is 5.89. The van der Waals surface area contributed by atoms with Crippen LogP contribution in [0.1, 0.15) is 69.4 Å². The van der Waals surface area contributed by atoms with Crippen LogP contribution in [0.25, 0.3) is 0 Å². The molecular formula is C21H24F6O3. The zero-order valence-electron chi connectivity index (χ0n) is 16.5. The smallest absolute Gasteiger partial charge is 0.416 e. The van der Waals surface area contributed by atoms with E-state index in [0.29, 0.717) is 31.4 Å². The summed E-state index contributed by atoms with van der Waals surface area (Å²) < 4.78 is 81.5. The number of hydrogen-bond acceptors (Lipinski definition) is 3. The van der Waals surface area contributed by atoms with E-state index in [1.54, 1.807) is 13.0 Å². The van der Waals surface area contributed by atoms with Crippen LogP contribution in [0.15, 0.2) is 30.4 Å². The van der Waals surface area contributed by atoms with Crippen LogP contribution < -0.4 is 4.74 Å². The molecule has 0 bridgehead atoms. The van der Waals surface area contributed by atoms with Crippen LogP contribution in [0.4, 0.5) is 26.3 Å². The fourth-order valence-electron chi connectivity index (χ4n) is 2.71. The molecule has 0 aliphatic rings. The Labute approximate surface area is 171 Å². The lowest BCUT2D eigenvalue weighted by Gasteiger charge is -2.14. The van der Waals surface area contributed by atoms with Gasteiger partial charge in [0.05, 0.1) is 11.1 Å². The number of benzene rings is 1. The number of carbonyl (C=O) groups excluding carboxylic acids is 2. The van der Waals surface area contributed by atoms with Gasteiger partial charge in [0.15, 0.2) is 5.78 Å². The molecule has 0 unspecified atom stereocenters. The molecule has 0 radical (unpaired) electrons. The highest BCUT2D eigenvalue weighted by atomic mass is 19.4. The second-order valence-electron chi connectivity index (χ2n) is 6.80. The number of ketones is 1. The number of carbonyl (C=O) groups is 2. The van der Waals surface area contributed by atoms with E-state index in [9.17, 15) is 35.9 Å². The summed E-state index contributed by atoms with van der Waals surface area (Å²) in [5.74, 6) is -1.60. The van der Waals surface area contributed by atoms with Crippen molar-refractivity contribution in [3.8, 4) is 5.75 Å². The summed E-state index contributed by atoms with van der Waals surface area (Å²) in [4.78, 5) is 23.1. The molecule has 0 spiro atoms. The van der Waals surface area contributed by atoms with Crippen LogP contribution >= 0.6 is 0 Å². The average Bonchev–Trinajstić information content (AvgIpc) is 2.62. The van der Waals surface area contributed by atoms with E-state index in [4.69, 9.17) is 4.74 Å². The first-order chi connectivity index (χ1) is 13.9. The predicted octanol–water partition coefficient (Wildman–Crippen LogP) is 6.90. The maximum absolute atomic E-state index is 12.8. The minimum atomic E-state index is -5.00. The Bertz CT molecular complexity index is 703. The summed E-state index contributed by atoms with van der Waals surface area (Å²) in [6.45, 7) is 1.77. The minimum absolute atomic E-state index is 0.0244. The van der Waals surface area contributed by atoms with Gasteiger partial charge in [-0.15, -0.1) is 0 Å². The van der Waals surface area contributed by atoms with Crippen LogP contribution in [0.5, 0.6) is 5.75 Å². The summed E-state index contributed by atoms with van der Waals surface area (Å²) in [6, 6.07) is 0.730. The van der Waals surface area contributed by atoms with Crippen LogP contribution in [0, 0.1) is 0 Å². The number of esters is 1. The highest BCUT2D eigenvalue weighted by Gasteiger charge is 2.37. The molecule has 0 amide bonds. The van der Waals surface area contributed by atoms with E-state index in [-0.39, 0.29) is 18.3 Å². The van der Waals surface area contributed by atoms with Gasteiger partial charge in [0, 0.05) is 12.8 Å². The summed E-state index contributed by atoms with van der Waals surface area (Å²) in [5, 5.41) is 0. The first kappa shape index (κ1) is 25.7. The molecule has 0 aliphatic heterocycles. The van der Waals surface area contributed by atoms with E-state index in [0.717, 1.165) is 25.7 Å². The number of unbranched alkanes of at least 4 members (excludes halogenated alkanes) is 5. The maximum Gasteiger partial charge on any atom is 0.416 e. The molecule has 1 rings (SSSR count). The Morgan fingerprint density at radius 2 is 1.27 bits per heavy atom.